The number of nitrogens with zero attached hydrogens (tertiary/aromatic N) is 2. The van der Waals surface area contributed by atoms with E-state index in [9.17, 15) is 9.90 Å². The summed E-state index contributed by atoms with van der Waals surface area (Å²) in [7, 11) is 3.63. The van der Waals surface area contributed by atoms with Gasteiger partial charge in [-0.15, -0.1) is 0 Å². The summed E-state index contributed by atoms with van der Waals surface area (Å²) in [6.07, 6.45) is 4.67. The monoisotopic (exact) mass is 438 g/mol. The molecule has 7 heteroatoms. The second-order valence-electron chi connectivity index (χ2n) is 7.95. The molecular formula is C24H42N2O5. The van der Waals surface area contributed by atoms with Gasteiger partial charge in [0.15, 0.2) is 0 Å². The summed E-state index contributed by atoms with van der Waals surface area (Å²) in [4.78, 5) is 16.5. The highest BCUT2D eigenvalue weighted by Gasteiger charge is 2.13. The second-order valence-corrected chi connectivity index (χ2v) is 7.95. The van der Waals surface area contributed by atoms with Gasteiger partial charge in [-0.3, -0.25) is 0 Å². The number of unbranched alkanes of at least 4 members (excludes halogenated alkanes) is 1. The van der Waals surface area contributed by atoms with Gasteiger partial charge in [-0.05, 0) is 76.1 Å². The van der Waals surface area contributed by atoms with E-state index >= 15 is 0 Å². The van der Waals surface area contributed by atoms with Crippen LogP contribution in [0.15, 0.2) is 18.2 Å². The van der Waals surface area contributed by atoms with Gasteiger partial charge < -0.3 is 29.1 Å². The Balaban J connectivity index is 2.47. The summed E-state index contributed by atoms with van der Waals surface area (Å²) in [5.74, 6) is -0.900. The number of carbonyl (C=O) groups is 1. The predicted octanol–water partition coefficient (Wildman–Crippen LogP) is 3.86. The number of carboxylic acid groups (broad SMARTS) is 1. The first-order valence-corrected chi connectivity index (χ1v) is 11.4. The molecule has 0 aliphatic rings. The lowest BCUT2D eigenvalue weighted by Crippen LogP contribution is -2.27. The van der Waals surface area contributed by atoms with Gasteiger partial charge in [-0.1, -0.05) is 26.0 Å². The molecule has 0 fully saturated rings. The van der Waals surface area contributed by atoms with Crippen LogP contribution in [-0.4, -0.2) is 81.2 Å². The summed E-state index contributed by atoms with van der Waals surface area (Å²) in [5, 5.41) is 9.65. The van der Waals surface area contributed by atoms with Crippen LogP contribution in [0, 0.1) is 0 Å². The van der Waals surface area contributed by atoms with E-state index in [1.54, 1.807) is 13.2 Å². The fraction of sp³-hybridized carbons (Fsp3) is 0.708. The summed E-state index contributed by atoms with van der Waals surface area (Å²) in [6, 6.07) is 5.57. The van der Waals surface area contributed by atoms with Crippen LogP contribution < -0.4 is 0 Å². The molecule has 1 aromatic carbocycles. The van der Waals surface area contributed by atoms with Crippen molar-refractivity contribution in [1.29, 1.82) is 0 Å². The Bertz CT molecular complexity index is 606. The summed E-state index contributed by atoms with van der Waals surface area (Å²) >= 11 is 0. The van der Waals surface area contributed by atoms with Crippen LogP contribution in [0.2, 0.25) is 0 Å². The molecule has 0 aliphatic heterocycles. The topological polar surface area (TPSA) is 71.5 Å². The molecule has 0 saturated heterocycles. The molecule has 1 aromatic rings. The highest BCUT2D eigenvalue weighted by Crippen LogP contribution is 2.16. The minimum absolute atomic E-state index is 0.241. The van der Waals surface area contributed by atoms with Gasteiger partial charge in [-0.25, -0.2) is 4.79 Å². The lowest BCUT2D eigenvalue weighted by atomic mass is 10.0. The first kappa shape index (κ1) is 27.5. The van der Waals surface area contributed by atoms with Crippen LogP contribution in [0.1, 0.15) is 61.0 Å². The van der Waals surface area contributed by atoms with Gasteiger partial charge in [0.05, 0.1) is 25.4 Å². The fourth-order valence-corrected chi connectivity index (χ4v) is 3.56. The molecule has 31 heavy (non-hydrogen) atoms. The molecule has 1 rings (SSSR count). The maximum absolute atomic E-state index is 11.8. The van der Waals surface area contributed by atoms with Crippen molar-refractivity contribution >= 4 is 5.97 Å². The Kier molecular flexibility index (Phi) is 15.2. The van der Waals surface area contributed by atoms with E-state index in [0.29, 0.717) is 31.9 Å². The zero-order valence-corrected chi connectivity index (χ0v) is 19.9. The normalized spacial score (nSPS) is 11.5. The van der Waals surface area contributed by atoms with Gasteiger partial charge in [0, 0.05) is 13.7 Å². The molecule has 0 aromatic heterocycles. The summed E-state index contributed by atoms with van der Waals surface area (Å²) in [6.45, 7) is 11.0. The number of hydrogen-bond donors (Lipinski definition) is 1. The quantitative estimate of drug-likeness (QED) is 0.260. The van der Waals surface area contributed by atoms with E-state index in [0.717, 1.165) is 30.6 Å². The summed E-state index contributed by atoms with van der Waals surface area (Å²) < 4.78 is 15.5. The fourth-order valence-electron chi connectivity index (χ4n) is 3.56. The molecule has 0 radical (unpaired) electrons. The number of hydrogen-bond acceptors (Lipinski definition) is 6. The maximum Gasteiger partial charge on any atom is 0.336 e. The molecule has 0 amide bonds. The zero-order chi connectivity index (χ0) is 22.9. The van der Waals surface area contributed by atoms with Crippen molar-refractivity contribution in [3.05, 3.63) is 34.9 Å². The van der Waals surface area contributed by atoms with Crippen LogP contribution in [0.5, 0.6) is 0 Å². The first-order valence-electron chi connectivity index (χ1n) is 11.4. The molecule has 0 bridgehead atoms. The van der Waals surface area contributed by atoms with Gasteiger partial charge in [0.1, 0.15) is 6.79 Å². The first-order chi connectivity index (χ1) is 15.0. The predicted molar refractivity (Wildman–Crippen MR) is 123 cm³/mol. The number of rotatable bonds is 19. The minimum Gasteiger partial charge on any atom is -0.478 e. The smallest absolute Gasteiger partial charge is 0.336 e. The van der Waals surface area contributed by atoms with Crippen LogP contribution in [0.25, 0.3) is 0 Å². The third-order valence-corrected chi connectivity index (χ3v) is 5.03. The van der Waals surface area contributed by atoms with Crippen LogP contribution in [-0.2, 0) is 27.4 Å². The van der Waals surface area contributed by atoms with E-state index in [1.807, 2.05) is 12.1 Å². The van der Waals surface area contributed by atoms with E-state index in [-0.39, 0.29) is 6.79 Å². The third-order valence-electron chi connectivity index (χ3n) is 5.03. The highest BCUT2D eigenvalue weighted by molar-refractivity contribution is 5.89. The highest BCUT2D eigenvalue weighted by atomic mass is 16.7. The molecule has 178 valence electrons. The van der Waals surface area contributed by atoms with Crippen molar-refractivity contribution in [1.82, 2.24) is 9.80 Å². The molecule has 0 unspecified atom stereocenters. The number of ether oxygens (including phenoxy) is 3. The van der Waals surface area contributed by atoms with Crippen LogP contribution >= 0.6 is 0 Å². The Hall–Kier alpha value is -1.51. The van der Waals surface area contributed by atoms with Crippen molar-refractivity contribution in [2.45, 2.75) is 52.7 Å². The third kappa shape index (κ3) is 12.2. The van der Waals surface area contributed by atoms with Crippen molar-refractivity contribution in [3.8, 4) is 0 Å². The molecule has 0 spiro atoms. The molecular weight excluding hydrogens is 396 g/mol. The lowest BCUT2D eigenvalue weighted by molar-refractivity contribution is -0.0526. The molecule has 1 N–H and O–H groups in total. The molecule has 0 atom stereocenters. The minimum atomic E-state index is -0.900. The van der Waals surface area contributed by atoms with Crippen molar-refractivity contribution in [3.63, 3.8) is 0 Å². The SMILES string of the molecule is CCCN(CCC)CCCCN(C)Cc1ccc(COCCOCOC)cc1C(=O)O. The molecule has 7 nitrogen and oxygen atoms in total. The summed E-state index contributed by atoms with van der Waals surface area (Å²) in [5.41, 5.74) is 2.03. The largest absolute Gasteiger partial charge is 0.478 e. The van der Waals surface area contributed by atoms with Crippen molar-refractivity contribution in [2.24, 2.45) is 0 Å². The number of methoxy groups -OCH3 is 1. The number of carboxylic acids is 1. The van der Waals surface area contributed by atoms with E-state index in [2.05, 4.69) is 30.7 Å². The van der Waals surface area contributed by atoms with Crippen LogP contribution in [0.4, 0.5) is 0 Å². The molecule has 0 heterocycles. The second kappa shape index (κ2) is 17.1. The van der Waals surface area contributed by atoms with Gasteiger partial charge >= 0.3 is 5.97 Å². The van der Waals surface area contributed by atoms with Crippen LogP contribution in [0.3, 0.4) is 0 Å². The Morgan fingerprint density at radius 2 is 1.68 bits per heavy atom. The van der Waals surface area contributed by atoms with E-state index < -0.39 is 5.97 Å². The average molecular weight is 439 g/mol. The van der Waals surface area contributed by atoms with Gasteiger partial charge in [0.2, 0.25) is 0 Å². The molecule has 0 aliphatic carbocycles. The number of aromatic carboxylic acids is 1. The van der Waals surface area contributed by atoms with Crippen molar-refractivity contribution in [2.75, 3.05) is 60.3 Å². The zero-order valence-electron chi connectivity index (χ0n) is 19.9. The van der Waals surface area contributed by atoms with E-state index in [1.165, 1.54) is 32.4 Å². The van der Waals surface area contributed by atoms with Gasteiger partial charge in [-0.2, -0.15) is 0 Å². The Morgan fingerprint density at radius 1 is 1.00 bits per heavy atom. The average Bonchev–Trinajstić information content (AvgIpc) is 2.74. The molecule has 0 saturated carbocycles. The standard InChI is InChI=1S/C24H42N2O5/c1-5-11-26(12-6-2)14-8-7-13-25(3)18-22-10-9-21(17-23(22)24(27)28)19-30-15-16-31-20-29-4/h9-10,17H,5-8,11-16,18-20H2,1-4H3,(H,27,28). The lowest BCUT2D eigenvalue weighted by Gasteiger charge is -2.22. The maximum atomic E-state index is 11.8. The van der Waals surface area contributed by atoms with E-state index in [4.69, 9.17) is 14.2 Å². The van der Waals surface area contributed by atoms with Gasteiger partial charge in [0.25, 0.3) is 0 Å². The Morgan fingerprint density at radius 3 is 2.32 bits per heavy atom. The van der Waals surface area contributed by atoms with Crippen molar-refractivity contribution < 1.29 is 24.1 Å². The Labute approximate surface area is 188 Å². The number of benzene rings is 1.